The molecule has 0 aliphatic carbocycles. The number of carbonyl (C=O) groups excluding carboxylic acids is 2. The summed E-state index contributed by atoms with van der Waals surface area (Å²) in [5.74, 6) is -1.18. The lowest BCUT2D eigenvalue weighted by Gasteiger charge is -2.09. The highest BCUT2D eigenvalue weighted by Gasteiger charge is 2.12. The maximum atomic E-state index is 12.0. The van der Waals surface area contributed by atoms with Crippen LogP contribution in [0.1, 0.15) is 35.3 Å². The van der Waals surface area contributed by atoms with Gasteiger partial charge in [0.1, 0.15) is 6.07 Å². The molecule has 0 radical (unpaired) electrons. The third kappa shape index (κ3) is 6.41. The Balaban J connectivity index is 1.89. The van der Waals surface area contributed by atoms with E-state index in [-0.39, 0.29) is 17.4 Å². The molecule has 0 spiro atoms. The summed E-state index contributed by atoms with van der Waals surface area (Å²) < 4.78 is 10.5. The van der Waals surface area contributed by atoms with Gasteiger partial charge in [-0.3, -0.25) is 4.79 Å². The zero-order valence-electron chi connectivity index (χ0n) is 15.0. The molecule has 0 atom stereocenters. The van der Waals surface area contributed by atoms with Crippen molar-refractivity contribution in [1.29, 1.82) is 5.26 Å². The van der Waals surface area contributed by atoms with Crippen LogP contribution in [0.2, 0.25) is 5.02 Å². The first kappa shape index (κ1) is 20.4. The van der Waals surface area contributed by atoms with E-state index in [9.17, 15) is 9.59 Å². The van der Waals surface area contributed by atoms with Gasteiger partial charge in [0.05, 0.1) is 29.5 Å². The lowest BCUT2D eigenvalue weighted by atomic mass is 10.1. The number of nitriles is 1. The monoisotopic (exact) mass is 386 g/mol. The molecule has 1 N–H and O–H groups in total. The largest absolute Gasteiger partial charge is 0.452 e. The van der Waals surface area contributed by atoms with Crippen LogP contribution in [-0.4, -0.2) is 24.6 Å². The van der Waals surface area contributed by atoms with Crippen LogP contribution in [0.3, 0.4) is 0 Å². The van der Waals surface area contributed by atoms with Gasteiger partial charge in [0.25, 0.3) is 5.91 Å². The Bertz CT molecular complexity index is 857. The van der Waals surface area contributed by atoms with E-state index in [0.717, 1.165) is 5.56 Å². The van der Waals surface area contributed by atoms with Gasteiger partial charge in [-0.25, -0.2) is 4.79 Å². The van der Waals surface area contributed by atoms with E-state index in [2.05, 4.69) is 5.32 Å². The van der Waals surface area contributed by atoms with Gasteiger partial charge in [-0.15, -0.1) is 0 Å². The smallest absolute Gasteiger partial charge is 0.338 e. The van der Waals surface area contributed by atoms with Crippen molar-refractivity contribution in [3.63, 3.8) is 0 Å². The van der Waals surface area contributed by atoms with Crippen molar-refractivity contribution >= 4 is 29.2 Å². The van der Waals surface area contributed by atoms with Gasteiger partial charge in [0.2, 0.25) is 0 Å². The Morgan fingerprint density at radius 2 is 1.89 bits per heavy atom. The summed E-state index contributed by atoms with van der Waals surface area (Å²) in [7, 11) is 0. The van der Waals surface area contributed by atoms with Gasteiger partial charge in [0.15, 0.2) is 6.61 Å². The minimum atomic E-state index is -0.618. The molecule has 0 aromatic heterocycles. The van der Waals surface area contributed by atoms with Crippen molar-refractivity contribution in [2.75, 3.05) is 11.9 Å². The van der Waals surface area contributed by atoms with Gasteiger partial charge in [-0.2, -0.15) is 5.26 Å². The number of esters is 1. The van der Waals surface area contributed by atoms with Crippen LogP contribution in [0.5, 0.6) is 0 Å². The number of anilines is 1. The normalized spacial score (nSPS) is 10.3. The highest BCUT2D eigenvalue weighted by Crippen LogP contribution is 2.20. The van der Waals surface area contributed by atoms with Crippen molar-refractivity contribution in [1.82, 2.24) is 0 Å². The fourth-order valence-electron chi connectivity index (χ4n) is 2.12. The number of halogens is 1. The maximum Gasteiger partial charge on any atom is 0.338 e. The first-order chi connectivity index (χ1) is 12.9. The number of benzene rings is 2. The van der Waals surface area contributed by atoms with Crippen LogP contribution in [0.25, 0.3) is 0 Å². The first-order valence-corrected chi connectivity index (χ1v) is 8.64. The Morgan fingerprint density at radius 1 is 1.19 bits per heavy atom. The van der Waals surface area contributed by atoms with E-state index < -0.39 is 18.5 Å². The minimum absolute atomic E-state index is 0.120. The molecule has 27 heavy (non-hydrogen) atoms. The summed E-state index contributed by atoms with van der Waals surface area (Å²) in [6.07, 6.45) is 0.120. The third-order valence-corrected chi connectivity index (χ3v) is 3.72. The van der Waals surface area contributed by atoms with Gasteiger partial charge < -0.3 is 14.8 Å². The van der Waals surface area contributed by atoms with Crippen molar-refractivity contribution < 1.29 is 19.1 Å². The fourth-order valence-corrected chi connectivity index (χ4v) is 2.29. The van der Waals surface area contributed by atoms with E-state index in [0.29, 0.717) is 17.2 Å². The van der Waals surface area contributed by atoms with E-state index in [1.807, 2.05) is 19.9 Å². The van der Waals surface area contributed by atoms with Crippen LogP contribution >= 0.6 is 11.6 Å². The summed E-state index contributed by atoms with van der Waals surface area (Å²) >= 11 is 5.86. The second-order valence-electron chi connectivity index (χ2n) is 5.98. The number of carbonyl (C=O) groups is 2. The zero-order valence-corrected chi connectivity index (χ0v) is 15.7. The second-order valence-corrected chi connectivity index (χ2v) is 6.42. The molecular formula is C20H19ClN2O4. The van der Waals surface area contributed by atoms with E-state index >= 15 is 0 Å². The molecule has 0 unspecified atom stereocenters. The number of nitrogens with one attached hydrogen (secondary N) is 1. The lowest BCUT2D eigenvalue weighted by Crippen LogP contribution is -2.21. The van der Waals surface area contributed by atoms with Crippen LogP contribution in [-0.2, 0) is 20.9 Å². The molecule has 0 aliphatic rings. The van der Waals surface area contributed by atoms with Crippen LogP contribution in [0, 0.1) is 11.3 Å². The van der Waals surface area contributed by atoms with E-state index in [4.69, 9.17) is 26.3 Å². The number of hydrogen-bond donors (Lipinski definition) is 1. The second kappa shape index (κ2) is 9.72. The van der Waals surface area contributed by atoms with Crippen molar-refractivity contribution in [3.8, 4) is 6.07 Å². The van der Waals surface area contributed by atoms with Crippen LogP contribution in [0.4, 0.5) is 5.69 Å². The average molecular weight is 387 g/mol. The summed E-state index contributed by atoms with van der Waals surface area (Å²) in [5.41, 5.74) is 1.79. The van der Waals surface area contributed by atoms with Gasteiger partial charge >= 0.3 is 5.97 Å². The molecule has 7 heteroatoms. The third-order valence-electron chi connectivity index (χ3n) is 3.48. The Morgan fingerprint density at radius 3 is 2.52 bits per heavy atom. The van der Waals surface area contributed by atoms with Crippen LogP contribution < -0.4 is 5.32 Å². The van der Waals surface area contributed by atoms with Crippen molar-refractivity contribution in [3.05, 3.63) is 64.2 Å². The predicted octanol–water partition coefficient (Wildman–Crippen LogP) is 3.93. The summed E-state index contributed by atoms with van der Waals surface area (Å²) in [4.78, 5) is 24.0. The van der Waals surface area contributed by atoms with Gasteiger partial charge in [0, 0.05) is 5.02 Å². The predicted molar refractivity (Wildman–Crippen MR) is 101 cm³/mol. The molecule has 2 aromatic carbocycles. The highest BCUT2D eigenvalue weighted by atomic mass is 35.5. The summed E-state index contributed by atoms with van der Waals surface area (Å²) in [6.45, 7) is 3.87. The number of hydrogen-bond acceptors (Lipinski definition) is 5. The lowest BCUT2D eigenvalue weighted by molar-refractivity contribution is -0.119. The Kier molecular flexibility index (Phi) is 7.35. The standard InChI is InChI=1S/C20H19ClN2O4/c1-13(2)26-11-14-3-5-15(6-4-14)20(25)27-12-19(24)23-18-9-17(21)8-7-16(18)10-22/h3-9,13H,11-12H2,1-2H3,(H,23,24). The number of nitrogens with zero attached hydrogens (tertiary/aromatic N) is 1. The molecule has 140 valence electrons. The van der Waals surface area contributed by atoms with Gasteiger partial charge in [-0.05, 0) is 49.7 Å². The summed E-state index contributed by atoms with van der Waals surface area (Å²) in [5, 5.41) is 11.9. The molecular weight excluding hydrogens is 368 g/mol. The maximum absolute atomic E-state index is 12.0. The average Bonchev–Trinajstić information content (AvgIpc) is 2.65. The molecule has 0 aliphatic heterocycles. The molecule has 6 nitrogen and oxygen atoms in total. The molecule has 0 saturated carbocycles. The van der Waals surface area contributed by atoms with Crippen molar-refractivity contribution in [2.45, 2.75) is 26.6 Å². The number of ether oxygens (including phenoxy) is 2. The number of rotatable bonds is 7. The molecule has 0 fully saturated rings. The topological polar surface area (TPSA) is 88.4 Å². The van der Waals surface area contributed by atoms with Crippen LogP contribution in [0.15, 0.2) is 42.5 Å². The molecule has 0 saturated heterocycles. The Labute approximate surface area is 162 Å². The molecule has 2 aromatic rings. The van der Waals surface area contributed by atoms with Gasteiger partial charge in [-0.1, -0.05) is 23.7 Å². The fraction of sp³-hybridized carbons (Fsp3) is 0.250. The quantitative estimate of drug-likeness (QED) is 0.728. The zero-order chi connectivity index (χ0) is 19.8. The minimum Gasteiger partial charge on any atom is -0.452 e. The SMILES string of the molecule is CC(C)OCc1ccc(C(=O)OCC(=O)Nc2cc(Cl)ccc2C#N)cc1. The molecule has 2 rings (SSSR count). The van der Waals surface area contributed by atoms with E-state index in [1.54, 1.807) is 30.3 Å². The number of amides is 1. The molecule has 1 amide bonds. The first-order valence-electron chi connectivity index (χ1n) is 8.26. The van der Waals surface area contributed by atoms with Crippen molar-refractivity contribution in [2.24, 2.45) is 0 Å². The summed E-state index contributed by atoms with van der Waals surface area (Å²) in [6, 6.07) is 13.2. The molecule has 0 bridgehead atoms. The highest BCUT2D eigenvalue weighted by molar-refractivity contribution is 6.31. The molecule has 0 heterocycles. The van der Waals surface area contributed by atoms with E-state index in [1.165, 1.54) is 12.1 Å². The Hall–Kier alpha value is -2.88.